The lowest BCUT2D eigenvalue weighted by Gasteiger charge is -2.26. The van der Waals surface area contributed by atoms with Crippen LogP contribution in [0.4, 0.5) is 5.13 Å². The summed E-state index contributed by atoms with van der Waals surface area (Å²) in [6.07, 6.45) is 5.25. The Kier molecular flexibility index (Phi) is 6.45. The molecule has 1 N–H and O–H groups in total. The number of aromatic nitrogens is 1. The van der Waals surface area contributed by atoms with Gasteiger partial charge in [-0.1, -0.05) is 26.7 Å². The van der Waals surface area contributed by atoms with Crippen LogP contribution in [-0.2, 0) is 17.9 Å². The van der Waals surface area contributed by atoms with Crippen LogP contribution in [0.1, 0.15) is 57.0 Å². The highest BCUT2D eigenvalue weighted by atomic mass is 32.1. The molecule has 0 aromatic carbocycles. The number of rotatable bonds is 6. The summed E-state index contributed by atoms with van der Waals surface area (Å²) in [7, 11) is 1.74. The van der Waals surface area contributed by atoms with Crippen LogP contribution in [0.5, 0.6) is 0 Å². The first-order valence-electron chi connectivity index (χ1n) is 8.09. The molecule has 0 spiro atoms. The zero-order valence-electron chi connectivity index (χ0n) is 13.8. The largest absolute Gasteiger partial charge is 0.378 e. The third kappa shape index (κ3) is 4.66. The summed E-state index contributed by atoms with van der Waals surface area (Å²) in [6, 6.07) is 1.09. The van der Waals surface area contributed by atoms with Crippen molar-refractivity contribution < 1.29 is 4.74 Å². The summed E-state index contributed by atoms with van der Waals surface area (Å²) in [5, 5.41) is 4.67. The Balaban J connectivity index is 2.16. The van der Waals surface area contributed by atoms with Crippen LogP contribution in [-0.4, -0.2) is 30.7 Å². The van der Waals surface area contributed by atoms with E-state index in [-0.39, 0.29) is 0 Å². The van der Waals surface area contributed by atoms with Gasteiger partial charge in [0, 0.05) is 37.2 Å². The topological polar surface area (TPSA) is 37.4 Å². The molecule has 1 aromatic rings. The normalized spacial score (nSPS) is 20.0. The quantitative estimate of drug-likeness (QED) is 0.871. The molecule has 0 aliphatic carbocycles. The van der Waals surface area contributed by atoms with E-state index in [1.807, 2.05) is 11.3 Å². The molecular weight excluding hydrogens is 282 g/mol. The van der Waals surface area contributed by atoms with E-state index >= 15 is 0 Å². The summed E-state index contributed by atoms with van der Waals surface area (Å²) >= 11 is 1.83. The number of anilines is 1. The van der Waals surface area contributed by atoms with Gasteiger partial charge in [0.2, 0.25) is 0 Å². The minimum Gasteiger partial charge on any atom is -0.378 e. The molecule has 4 nitrogen and oxygen atoms in total. The predicted molar refractivity (Wildman–Crippen MR) is 90.1 cm³/mol. The van der Waals surface area contributed by atoms with Gasteiger partial charge in [-0.15, -0.1) is 11.3 Å². The maximum Gasteiger partial charge on any atom is 0.186 e. The highest BCUT2D eigenvalue weighted by molar-refractivity contribution is 7.15. The molecule has 0 saturated carbocycles. The average molecular weight is 311 g/mol. The summed E-state index contributed by atoms with van der Waals surface area (Å²) in [6.45, 7) is 9.31. The van der Waals surface area contributed by atoms with Crippen LogP contribution < -0.4 is 10.2 Å². The zero-order chi connectivity index (χ0) is 15.2. The van der Waals surface area contributed by atoms with Crippen LogP contribution in [0, 0.1) is 0 Å². The van der Waals surface area contributed by atoms with Gasteiger partial charge in [-0.25, -0.2) is 4.98 Å². The highest BCUT2D eigenvalue weighted by Crippen LogP contribution is 2.31. The van der Waals surface area contributed by atoms with Crippen LogP contribution in [0.25, 0.3) is 0 Å². The lowest BCUT2D eigenvalue weighted by atomic mass is 10.1. The van der Waals surface area contributed by atoms with Crippen LogP contribution in [0.2, 0.25) is 0 Å². The first kappa shape index (κ1) is 16.7. The van der Waals surface area contributed by atoms with Crippen LogP contribution >= 0.6 is 11.3 Å². The fourth-order valence-electron chi connectivity index (χ4n) is 2.74. The van der Waals surface area contributed by atoms with Gasteiger partial charge < -0.3 is 15.0 Å². The van der Waals surface area contributed by atoms with Gasteiger partial charge in [-0.3, -0.25) is 0 Å². The third-order valence-electron chi connectivity index (χ3n) is 4.02. The number of methoxy groups -OCH3 is 1. The molecule has 0 bridgehead atoms. The second-order valence-electron chi connectivity index (χ2n) is 6.23. The average Bonchev–Trinajstić information content (AvgIpc) is 2.70. The van der Waals surface area contributed by atoms with E-state index in [9.17, 15) is 0 Å². The monoisotopic (exact) mass is 311 g/mol. The van der Waals surface area contributed by atoms with Gasteiger partial charge in [0.15, 0.2) is 5.13 Å². The summed E-state index contributed by atoms with van der Waals surface area (Å²) in [5.41, 5.74) is 1.10. The van der Waals surface area contributed by atoms with Crippen molar-refractivity contribution in [3.05, 3.63) is 10.6 Å². The first-order valence-corrected chi connectivity index (χ1v) is 8.91. The Bertz CT molecular complexity index is 433. The van der Waals surface area contributed by atoms with Crippen LogP contribution in [0.15, 0.2) is 0 Å². The van der Waals surface area contributed by atoms with Crippen molar-refractivity contribution in [3.8, 4) is 0 Å². The van der Waals surface area contributed by atoms with E-state index in [4.69, 9.17) is 9.72 Å². The molecule has 2 rings (SSSR count). The molecule has 1 aliphatic rings. The van der Waals surface area contributed by atoms with E-state index < -0.39 is 0 Å². The van der Waals surface area contributed by atoms with Gasteiger partial charge in [0.05, 0.1) is 12.3 Å². The molecule has 21 heavy (non-hydrogen) atoms. The Labute approximate surface area is 132 Å². The number of hydrogen-bond donors (Lipinski definition) is 1. The van der Waals surface area contributed by atoms with Crippen molar-refractivity contribution >= 4 is 16.5 Å². The Hall–Kier alpha value is -0.650. The summed E-state index contributed by atoms with van der Waals surface area (Å²) in [5.74, 6) is 0. The van der Waals surface area contributed by atoms with Gasteiger partial charge in [0.1, 0.15) is 0 Å². The SMILES string of the molecule is COCc1nc(N2CCCCCC2C)sc1CNC(C)C. The van der Waals surface area contributed by atoms with E-state index in [2.05, 4.69) is 31.0 Å². The number of nitrogens with one attached hydrogen (secondary N) is 1. The van der Waals surface area contributed by atoms with Gasteiger partial charge in [-0.05, 0) is 19.8 Å². The second-order valence-corrected chi connectivity index (χ2v) is 7.29. The molecule has 1 fully saturated rings. The highest BCUT2D eigenvalue weighted by Gasteiger charge is 2.22. The van der Waals surface area contributed by atoms with Crippen molar-refractivity contribution in [2.75, 3.05) is 18.6 Å². The molecule has 0 radical (unpaired) electrons. The number of ether oxygens (including phenoxy) is 1. The van der Waals surface area contributed by atoms with Crippen molar-refractivity contribution in [1.29, 1.82) is 0 Å². The van der Waals surface area contributed by atoms with E-state index in [0.29, 0.717) is 18.7 Å². The molecular formula is C16H29N3OS. The van der Waals surface area contributed by atoms with Gasteiger partial charge in [0.25, 0.3) is 0 Å². The zero-order valence-corrected chi connectivity index (χ0v) is 14.6. The lowest BCUT2D eigenvalue weighted by Crippen LogP contribution is -2.32. The smallest absolute Gasteiger partial charge is 0.186 e. The minimum absolute atomic E-state index is 0.489. The van der Waals surface area contributed by atoms with Crippen molar-refractivity contribution in [3.63, 3.8) is 0 Å². The number of nitrogens with zero attached hydrogens (tertiary/aromatic N) is 2. The predicted octanol–water partition coefficient (Wildman–Crippen LogP) is 3.56. The minimum atomic E-state index is 0.489. The fourth-order valence-corrected chi connectivity index (χ4v) is 3.88. The lowest BCUT2D eigenvalue weighted by molar-refractivity contribution is 0.181. The van der Waals surface area contributed by atoms with E-state index in [1.165, 1.54) is 35.7 Å². The van der Waals surface area contributed by atoms with Crippen molar-refractivity contribution in [1.82, 2.24) is 10.3 Å². The Morgan fingerprint density at radius 3 is 2.90 bits per heavy atom. The molecule has 1 saturated heterocycles. The molecule has 1 aliphatic heterocycles. The van der Waals surface area contributed by atoms with Crippen molar-refractivity contribution in [2.45, 2.75) is 71.7 Å². The molecule has 5 heteroatoms. The number of hydrogen-bond acceptors (Lipinski definition) is 5. The van der Waals surface area contributed by atoms with Crippen molar-refractivity contribution in [2.24, 2.45) is 0 Å². The maximum atomic E-state index is 5.33. The van der Waals surface area contributed by atoms with Gasteiger partial charge in [-0.2, -0.15) is 0 Å². The summed E-state index contributed by atoms with van der Waals surface area (Å²) in [4.78, 5) is 8.69. The summed E-state index contributed by atoms with van der Waals surface area (Å²) < 4.78 is 5.33. The van der Waals surface area contributed by atoms with E-state index in [0.717, 1.165) is 18.8 Å². The molecule has 0 amide bonds. The fraction of sp³-hybridized carbons (Fsp3) is 0.812. The Morgan fingerprint density at radius 2 is 2.19 bits per heavy atom. The molecule has 120 valence electrons. The third-order valence-corrected chi connectivity index (χ3v) is 5.15. The first-order chi connectivity index (χ1) is 10.1. The standard InChI is InChI=1S/C16H29N3OS/c1-12(2)17-10-15-14(11-20-4)18-16(21-15)19-9-7-5-6-8-13(19)3/h12-13,17H,5-11H2,1-4H3. The second kappa shape index (κ2) is 8.11. The molecule has 1 aromatic heterocycles. The molecule has 1 atom stereocenters. The maximum absolute atomic E-state index is 5.33. The number of thiazole rings is 1. The Morgan fingerprint density at radius 1 is 1.38 bits per heavy atom. The molecule has 1 unspecified atom stereocenters. The van der Waals surface area contributed by atoms with Gasteiger partial charge >= 0.3 is 0 Å². The molecule has 2 heterocycles. The van der Waals surface area contributed by atoms with E-state index in [1.54, 1.807) is 7.11 Å². The van der Waals surface area contributed by atoms with Crippen LogP contribution in [0.3, 0.4) is 0 Å².